The fraction of sp³-hybridized carbons (Fsp3) is 0.412. The van der Waals surface area contributed by atoms with Crippen LogP contribution in [0.15, 0.2) is 42.7 Å². The topological polar surface area (TPSA) is 17.0 Å². The molecular formula is C17H22N2. The molecule has 1 aliphatic carbocycles. The van der Waals surface area contributed by atoms with Gasteiger partial charge in [-0.15, -0.1) is 0 Å². The van der Waals surface area contributed by atoms with Crippen molar-refractivity contribution in [3.05, 3.63) is 59.4 Å². The number of nitrogens with zero attached hydrogens (tertiary/aromatic N) is 1. The lowest BCUT2D eigenvalue weighted by Crippen LogP contribution is -2.14. The van der Waals surface area contributed by atoms with Crippen LogP contribution in [0.1, 0.15) is 36.5 Å². The molecule has 1 heterocycles. The van der Waals surface area contributed by atoms with Crippen molar-refractivity contribution in [3.8, 4) is 0 Å². The zero-order chi connectivity index (χ0) is 13.1. The predicted molar refractivity (Wildman–Crippen MR) is 79.2 cm³/mol. The Morgan fingerprint density at radius 3 is 2.47 bits per heavy atom. The zero-order valence-corrected chi connectivity index (χ0v) is 11.6. The summed E-state index contributed by atoms with van der Waals surface area (Å²) in [6, 6.07) is 11.9. The lowest BCUT2D eigenvalue weighted by molar-refractivity contribution is 0.685. The van der Waals surface area contributed by atoms with Crippen LogP contribution in [0, 0.1) is 0 Å². The Kier molecular flexibility index (Phi) is 3.69. The van der Waals surface area contributed by atoms with E-state index in [0.717, 1.165) is 25.6 Å². The van der Waals surface area contributed by atoms with Gasteiger partial charge in [0, 0.05) is 31.5 Å². The molecule has 19 heavy (non-hydrogen) atoms. The molecular weight excluding hydrogens is 232 g/mol. The lowest BCUT2D eigenvalue weighted by atomic mass is 10.1. The van der Waals surface area contributed by atoms with Crippen LogP contribution < -0.4 is 5.32 Å². The summed E-state index contributed by atoms with van der Waals surface area (Å²) in [4.78, 5) is 0. The largest absolute Gasteiger partial charge is 0.350 e. The molecule has 0 atom stereocenters. The molecule has 1 aromatic carbocycles. The van der Waals surface area contributed by atoms with Crippen LogP contribution in [0.3, 0.4) is 0 Å². The maximum Gasteiger partial charge on any atom is 0.0470 e. The second-order valence-corrected chi connectivity index (χ2v) is 5.52. The van der Waals surface area contributed by atoms with Crippen LogP contribution in [0.25, 0.3) is 0 Å². The van der Waals surface area contributed by atoms with Gasteiger partial charge in [-0.1, -0.05) is 31.2 Å². The Morgan fingerprint density at radius 1 is 1.05 bits per heavy atom. The first kappa shape index (κ1) is 12.5. The van der Waals surface area contributed by atoms with Gasteiger partial charge in [0.05, 0.1) is 0 Å². The molecule has 1 N–H and O–H groups in total. The normalized spacial score (nSPS) is 14.8. The van der Waals surface area contributed by atoms with Gasteiger partial charge in [0.15, 0.2) is 0 Å². The molecule has 1 fully saturated rings. The van der Waals surface area contributed by atoms with Crippen molar-refractivity contribution in [2.24, 2.45) is 0 Å². The van der Waals surface area contributed by atoms with E-state index in [1.54, 1.807) is 0 Å². The summed E-state index contributed by atoms with van der Waals surface area (Å²) in [5.41, 5.74) is 4.16. The van der Waals surface area contributed by atoms with Crippen LogP contribution >= 0.6 is 0 Å². The highest BCUT2D eigenvalue weighted by atomic mass is 15.0. The summed E-state index contributed by atoms with van der Waals surface area (Å²) < 4.78 is 2.27. The molecule has 0 spiro atoms. The maximum atomic E-state index is 3.55. The van der Waals surface area contributed by atoms with E-state index in [1.165, 1.54) is 29.5 Å². The van der Waals surface area contributed by atoms with Crippen molar-refractivity contribution >= 4 is 0 Å². The van der Waals surface area contributed by atoms with Gasteiger partial charge in [-0.05, 0) is 42.0 Å². The fourth-order valence-corrected chi connectivity index (χ4v) is 2.33. The minimum atomic E-state index is 0.782. The highest BCUT2D eigenvalue weighted by Crippen LogP contribution is 2.19. The molecule has 0 saturated heterocycles. The van der Waals surface area contributed by atoms with Crippen LogP contribution in [-0.2, 0) is 19.5 Å². The summed E-state index contributed by atoms with van der Waals surface area (Å²) in [6.45, 7) is 4.17. The van der Waals surface area contributed by atoms with Crippen molar-refractivity contribution < 1.29 is 0 Å². The van der Waals surface area contributed by atoms with Gasteiger partial charge in [-0.3, -0.25) is 0 Å². The minimum Gasteiger partial charge on any atom is -0.350 e. The zero-order valence-electron chi connectivity index (χ0n) is 11.6. The highest BCUT2D eigenvalue weighted by molar-refractivity contribution is 5.23. The van der Waals surface area contributed by atoms with E-state index >= 15 is 0 Å². The summed E-state index contributed by atoms with van der Waals surface area (Å²) in [7, 11) is 0. The lowest BCUT2D eigenvalue weighted by Gasteiger charge is -2.04. The van der Waals surface area contributed by atoms with E-state index < -0.39 is 0 Å². The summed E-state index contributed by atoms with van der Waals surface area (Å²) in [6.07, 6.45) is 8.25. The first-order chi connectivity index (χ1) is 9.33. The van der Waals surface area contributed by atoms with Crippen LogP contribution in [0.4, 0.5) is 0 Å². The van der Waals surface area contributed by atoms with Crippen LogP contribution in [-0.4, -0.2) is 10.6 Å². The SMILES string of the molecule is CCc1ccc(Cn2ccc(CNC3CC3)c2)cc1. The van der Waals surface area contributed by atoms with Crippen molar-refractivity contribution in [1.82, 2.24) is 9.88 Å². The van der Waals surface area contributed by atoms with E-state index in [0.29, 0.717) is 0 Å². The number of hydrogen-bond acceptors (Lipinski definition) is 1. The molecule has 0 amide bonds. The number of rotatable bonds is 6. The standard InChI is InChI=1S/C17H22N2/c1-2-14-3-5-15(6-4-14)12-19-10-9-16(13-19)11-18-17-7-8-17/h3-6,9-10,13,17-18H,2,7-8,11-12H2,1H3. The number of aryl methyl sites for hydroxylation is 1. The molecule has 0 bridgehead atoms. The second kappa shape index (κ2) is 5.62. The first-order valence-electron chi connectivity index (χ1n) is 7.29. The number of nitrogens with one attached hydrogen (secondary N) is 1. The van der Waals surface area contributed by atoms with Crippen molar-refractivity contribution in [2.45, 2.75) is 45.3 Å². The van der Waals surface area contributed by atoms with Gasteiger partial charge in [-0.2, -0.15) is 0 Å². The molecule has 1 aromatic heterocycles. The Bertz CT molecular complexity index is 520. The molecule has 3 rings (SSSR count). The predicted octanol–water partition coefficient (Wildman–Crippen LogP) is 3.35. The van der Waals surface area contributed by atoms with Crippen molar-refractivity contribution in [3.63, 3.8) is 0 Å². The molecule has 100 valence electrons. The molecule has 0 unspecified atom stereocenters. The van der Waals surface area contributed by atoms with Crippen molar-refractivity contribution in [1.29, 1.82) is 0 Å². The second-order valence-electron chi connectivity index (χ2n) is 5.52. The average Bonchev–Trinajstić information content (AvgIpc) is 3.17. The van der Waals surface area contributed by atoms with Gasteiger partial charge in [0.25, 0.3) is 0 Å². The van der Waals surface area contributed by atoms with E-state index in [4.69, 9.17) is 0 Å². The van der Waals surface area contributed by atoms with Gasteiger partial charge >= 0.3 is 0 Å². The molecule has 2 aromatic rings. The van der Waals surface area contributed by atoms with Crippen LogP contribution in [0.2, 0.25) is 0 Å². The van der Waals surface area contributed by atoms with Crippen LogP contribution in [0.5, 0.6) is 0 Å². The van der Waals surface area contributed by atoms with E-state index in [2.05, 4.69) is 59.5 Å². The van der Waals surface area contributed by atoms with E-state index in [9.17, 15) is 0 Å². The maximum absolute atomic E-state index is 3.55. The third-order valence-electron chi connectivity index (χ3n) is 3.78. The van der Waals surface area contributed by atoms with Gasteiger partial charge in [-0.25, -0.2) is 0 Å². The number of hydrogen-bond donors (Lipinski definition) is 1. The van der Waals surface area contributed by atoms with E-state index in [-0.39, 0.29) is 0 Å². The van der Waals surface area contributed by atoms with Crippen molar-refractivity contribution in [2.75, 3.05) is 0 Å². The first-order valence-corrected chi connectivity index (χ1v) is 7.29. The molecule has 2 heteroatoms. The van der Waals surface area contributed by atoms with Gasteiger partial charge in [0.1, 0.15) is 0 Å². The van der Waals surface area contributed by atoms with Gasteiger partial charge in [0.2, 0.25) is 0 Å². The Hall–Kier alpha value is -1.54. The molecule has 1 saturated carbocycles. The monoisotopic (exact) mass is 254 g/mol. The average molecular weight is 254 g/mol. The van der Waals surface area contributed by atoms with Gasteiger partial charge < -0.3 is 9.88 Å². The fourth-order valence-electron chi connectivity index (χ4n) is 2.33. The Balaban J connectivity index is 1.58. The molecule has 0 radical (unpaired) electrons. The minimum absolute atomic E-state index is 0.782. The Labute approximate surface area is 115 Å². The molecule has 0 aliphatic heterocycles. The highest BCUT2D eigenvalue weighted by Gasteiger charge is 2.19. The Morgan fingerprint density at radius 2 is 1.79 bits per heavy atom. The number of benzene rings is 1. The summed E-state index contributed by atoms with van der Waals surface area (Å²) in [5.74, 6) is 0. The number of aromatic nitrogens is 1. The third-order valence-corrected chi connectivity index (χ3v) is 3.78. The third kappa shape index (κ3) is 3.48. The quantitative estimate of drug-likeness (QED) is 0.836. The van der Waals surface area contributed by atoms with E-state index in [1.807, 2.05) is 0 Å². The summed E-state index contributed by atoms with van der Waals surface area (Å²) >= 11 is 0. The summed E-state index contributed by atoms with van der Waals surface area (Å²) in [5, 5.41) is 3.55. The molecule has 2 nitrogen and oxygen atoms in total. The molecule has 1 aliphatic rings. The smallest absolute Gasteiger partial charge is 0.0470 e.